The standard InChI is InChI=1S/C36H36N6O5/c1-41-16-18-42(19-17-41)27-13-11-25(12-14-27)37-22-29-28-15-10-24(21-30(28)39-35(29)44)34(43)23-6-4-7-26(20-23)38-36(45)40-33-31(46-2)8-5-9-32(33)47-3/h4-15,20-22,37H,16-19H2,1-3H3,(H,39,44)(H2,38,40,45). The lowest BCUT2D eigenvalue weighted by Crippen LogP contribution is -2.44. The molecule has 0 spiro atoms. The monoisotopic (exact) mass is 632 g/mol. The number of anilines is 5. The Hall–Kier alpha value is -5.81. The first-order chi connectivity index (χ1) is 22.8. The summed E-state index contributed by atoms with van der Waals surface area (Å²) in [6.07, 6.45) is 1.69. The molecule has 0 radical (unpaired) electrons. The van der Waals surface area contributed by atoms with E-state index < -0.39 is 6.03 Å². The second-order valence-electron chi connectivity index (χ2n) is 11.3. The molecule has 4 aromatic carbocycles. The number of para-hydroxylation sites is 1. The predicted molar refractivity (Wildman–Crippen MR) is 185 cm³/mol. The van der Waals surface area contributed by atoms with Crippen LogP contribution in [-0.4, -0.2) is 70.1 Å². The van der Waals surface area contributed by atoms with Crippen molar-refractivity contribution in [3.63, 3.8) is 0 Å². The number of methoxy groups -OCH3 is 2. The molecule has 2 heterocycles. The van der Waals surface area contributed by atoms with Crippen molar-refractivity contribution in [2.75, 3.05) is 73.6 Å². The Morgan fingerprint density at radius 1 is 0.787 bits per heavy atom. The van der Waals surface area contributed by atoms with Gasteiger partial charge in [0.2, 0.25) is 0 Å². The maximum absolute atomic E-state index is 13.5. The maximum atomic E-state index is 13.5. The molecule has 4 N–H and O–H groups in total. The Balaban J connectivity index is 1.12. The SMILES string of the molecule is COc1cccc(OC)c1NC(=O)Nc1cccc(C(=O)c2ccc3c(c2)NC(=O)C3=CNc2ccc(N3CCN(C)CC3)cc2)c1. The molecule has 0 aliphatic carbocycles. The summed E-state index contributed by atoms with van der Waals surface area (Å²) in [6, 6.07) is 24.6. The highest BCUT2D eigenvalue weighted by Crippen LogP contribution is 2.35. The fraction of sp³-hybridized carbons (Fsp3) is 0.194. The van der Waals surface area contributed by atoms with E-state index in [1.807, 2.05) is 12.1 Å². The second kappa shape index (κ2) is 13.7. The number of piperazine rings is 1. The van der Waals surface area contributed by atoms with E-state index in [-0.39, 0.29) is 11.7 Å². The molecule has 1 fully saturated rings. The third-order valence-electron chi connectivity index (χ3n) is 8.23. The van der Waals surface area contributed by atoms with Gasteiger partial charge in [-0.05, 0) is 61.6 Å². The Kier molecular flexibility index (Phi) is 9.07. The van der Waals surface area contributed by atoms with Crippen LogP contribution in [0.5, 0.6) is 11.5 Å². The molecule has 0 unspecified atom stereocenters. The number of hydrogen-bond acceptors (Lipinski definition) is 8. The Morgan fingerprint density at radius 2 is 1.47 bits per heavy atom. The minimum absolute atomic E-state index is 0.255. The third kappa shape index (κ3) is 6.90. The van der Waals surface area contributed by atoms with Crippen LogP contribution in [0.4, 0.5) is 33.2 Å². The first kappa shape index (κ1) is 31.2. The van der Waals surface area contributed by atoms with Crippen molar-refractivity contribution in [3.8, 4) is 11.5 Å². The fourth-order valence-corrected chi connectivity index (χ4v) is 5.62. The Bertz CT molecular complexity index is 1830. The lowest BCUT2D eigenvalue weighted by molar-refractivity contribution is -0.110. The summed E-state index contributed by atoms with van der Waals surface area (Å²) < 4.78 is 10.7. The summed E-state index contributed by atoms with van der Waals surface area (Å²) in [6.45, 7) is 4.07. The summed E-state index contributed by atoms with van der Waals surface area (Å²) in [5.74, 6) is 0.371. The Morgan fingerprint density at radius 3 is 2.17 bits per heavy atom. The number of likely N-dealkylation sites (N-methyl/N-ethyl adjacent to an activating group) is 1. The molecule has 3 amide bonds. The summed E-state index contributed by atoms with van der Waals surface area (Å²) in [7, 11) is 5.14. The van der Waals surface area contributed by atoms with E-state index in [0.717, 1.165) is 31.9 Å². The van der Waals surface area contributed by atoms with Gasteiger partial charge in [0.15, 0.2) is 5.78 Å². The van der Waals surface area contributed by atoms with Crippen molar-refractivity contribution in [1.82, 2.24) is 4.90 Å². The molecule has 0 bridgehead atoms. The van der Waals surface area contributed by atoms with Gasteiger partial charge in [0, 0.05) is 71.8 Å². The quantitative estimate of drug-likeness (QED) is 0.136. The van der Waals surface area contributed by atoms with E-state index >= 15 is 0 Å². The van der Waals surface area contributed by atoms with Crippen LogP contribution < -0.4 is 35.6 Å². The number of nitrogens with zero attached hydrogens (tertiary/aromatic N) is 2. The number of ether oxygens (including phenoxy) is 2. The van der Waals surface area contributed by atoms with Gasteiger partial charge in [-0.1, -0.05) is 30.3 Å². The second-order valence-corrected chi connectivity index (χ2v) is 11.3. The van der Waals surface area contributed by atoms with Gasteiger partial charge in [-0.3, -0.25) is 9.59 Å². The molecule has 0 saturated carbocycles. The lowest BCUT2D eigenvalue weighted by atomic mass is 9.99. The smallest absolute Gasteiger partial charge is 0.323 e. The van der Waals surface area contributed by atoms with Crippen LogP contribution in [-0.2, 0) is 4.79 Å². The van der Waals surface area contributed by atoms with Crippen LogP contribution in [0.15, 0.2) is 91.1 Å². The van der Waals surface area contributed by atoms with Gasteiger partial charge >= 0.3 is 6.03 Å². The summed E-state index contributed by atoms with van der Waals surface area (Å²) in [5.41, 5.74) is 5.35. The molecule has 11 nitrogen and oxygen atoms in total. The molecule has 47 heavy (non-hydrogen) atoms. The zero-order valence-electron chi connectivity index (χ0n) is 26.4. The molecule has 240 valence electrons. The van der Waals surface area contributed by atoms with Crippen molar-refractivity contribution in [3.05, 3.63) is 108 Å². The first-order valence-electron chi connectivity index (χ1n) is 15.2. The summed E-state index contributed by atoms with van der Waals surface area (Å²) in [4.78, 5) is 43.9. The average molecular weight is 633 g/mol. The molecular formula is C36H36N6O5. The zero-order valence-corrected chi connectivity index (χ0v) is 26.4. The van der Waals surface area contributed by atoms with Crippen molar-refractivity contribution >= 4 is 51.7 Å². The predicted octanol–water partition coefficient (Wildman–Crippen LogP) is 5.74. The van der Waals surface area contributed by atoms with Gasteiger partial charge in [-0.15, -0.1) is 0 Å². The van der Waals surface area contributed by atoms with Gasteiger partial charge < -0.3 is 40.5 Å². The lowest BCUT2D eigenvalue weighted by Gasteiger charge is -2.34. The highest BCUT2D eigenvalue weighted by atomic mass is 16.5. The number of nitrogens with one attached hydrogen (secondary N) is 4. The molecule has 0 atom stereocenters. The van der Waals surface area contributed by atoms with Gasteiger partial charge in [0.05, 0.1) is 19.8 Å². The van der Waals surface area contributed by atoms with Crippen molar-refractivity contribution in [1.29, 1.82) is 0 Å². The molecule has 0 aromatic heterocycles. The van der Waals surface area contributed by atoms with Crippen molar-refractivity contribution in [2.45, 2.75) is 0 Å². The van der Waals surface area contributed by atoms with E-state index in [4.69, 9.17) is 9.47 Å². The number of urea groups is 1. The largest absolute Gasteiger partial charge is 0.494 e. The van der Waals surface area contributed by atoms with Crippen LogP contribution in [0.2, 0.25) is 0 Å². The topological polar surface area (TPSA) is 124 Å². The van der Waals surface area contributed by atoms with Crippen molar-refractivity contribution in [2.24, 2.45) is 0 Å². The highest BCUT2D eigenvalue weighted by Gasteiger charge is 2.26. The number of fused-ring (bicyclic) bond motifs is 1. The molecular weight excluding hydrogens is 596 g/mol. The summed E-state index contributed by atoms with van der Waals surface area (Å²) in [5, 5.41) is 11.6. The number of carbonyl (C=O) groups is 3. The molecule has 6 rings (SSSR count). The minimum Gasteiger partial charge on any atom is -0.494 e. The number of ketones is 1. The van der Waals surface area contributed by atoms with Gasteiger partial charge in [0.1, 0.15) is 17.2 Å². The molecule has 11 heteroatoms. The van der Waals surface area contributed by atoms with E-state index in [1.165, 1.54) is 19.9 Å². The minimum atomic E-state index is -0.531. The molecule has 1 saturated heterocycles. The highest BCUT2D eigenvalue weighted by molar-refractivity contribution is 6.32. The van der Waals surface area contributed by atoms with E-state index in [0.29, 0.717) is 50.8 Å². The number of amides is 3. The van der Waals surface area contributed by atoms with Crippen molar-refractivity contribution < 1.29 is 23.9 Å². The molecule has 2 aliphatic heterocycles. The van der Waals surface area contributed by atoms with Crippen LogP contribution in [0.3, 0.4) is 0 Å². The van der Waals surface area contributed by atoms with Crippen LogP contribution in [0.1, 0.15) is 21.5 Å². The number of hydrogen-bond donors (Lipinski definition) is 4. The van der Waals surface area contributed by atoms with Crippen LogP contribution in [0, 0.1) is 0 Å². The fourth-order valence-electron chi connectivity index (χ4n) is 5.62. The third-order valence-corrected chi connectivity index (χ3v) is 8.23. The molecule has 4 aromatic rings. The van der Waals surface area contributed by atoms with Gasteiger partial charge in [-0.2, -0.15) is 0 Å². The van der Waals surface area contributed by atoms with Gasteiger partial charge in [0.25, 0.3) is 5.91 Å². The Labute approximate surface area is 273 Å². The van der Waals surface area contributed by atoms with E-state index in [2.05, 4.69) is 50.2 Å². The number of carbonyl (C=O) groups excluding carboxylic acids is 3. The molecule has 2 aliphatic rings. The van der Waals surface area contributed by atoms with Crippen LogP contribution in [0.25, 0.3) is 5.57 Å². The first-order valence-corrected chi connectivity index (χ1v) is 15.2. The van der Waals surface area contributed by atoms with E-state index in [1.54, 1.807) is 66.9 Å². The summed E-state index contributed by atoms with van der Waals surface area (Å²) >= 11 is 0. The zero-order chi connectivity index (χ0) is 32.9. The van der Waals surface area contributed by atoms with E-state index in [9.17, 15) is 14.4 Å². The van der Waals surface area contributed by atoms with Gasteiger partial charge in [-0.25, -0.2) is 4.79 Å². The number of rotatable bonds is 9. The normalized spacial score (nSPS) is 15.1. The maximum Gasteiger partial charge on any atom is 0.323 e. The average Bonchev–Trinajstić information content (AvgIpc) is 3.41. The van der Waals surface area contributed by atoms with Crippen LogP contribution >= 0.6 is 0 Å². The number of benzene rings is 4.